The van der Waals surface area contributed by atoms with Crippen LogP contribution in [0.2, 0.25) is 0 Å². The molecule has 1 aromatic heterocycles. The largest absolute Gasteiger partial charge is 0.380 e. The Hall–Kier alpha value is -2.26. The van der Waals surface area contributed by atoms with E-state index in [2.05, 4.69) is 6.07 Å². The first-order valence-electron chi connectivity index (χ1n) is 7.94. The molecule has 116 valence electrons. The summed E-state index contributed by atoms with van der Waals surface area (Å²) in [5.41, 5.74) is 5.41. The lowest BCUT2D eigenvalue weighted by atomic mass is 9.93. The molecule has 0 unspecified atom stereocenters. The average molecular weight is 307 g/mol. The molecule has 1 fully saturated rings. The number of rotatable bonds is 4. The molecule has 1 aliphatic rings. The minimum absolute atomic E-state index is 0.220. The molecule has 3 heteroatoms. The van der Waals surface area contributed by atoms with Gasteiger partial charge in [0, 0.05) is 24.0 Å². The molecule has 0 spiro atoms. The number of aromatic nitrogens is 1. The zero-order valence-corrected chi connectivity index (χ0v) is 13.1. The van der Waals surface area contributed by atoms with E-state index in [9.17, 15) is 4.39 Å². The highest BCUT2D eigenvalue weighted by Gasteiger charge is 2.30. The topological polar surface area (TPSA) is 22.1 Å². The van der Waals surface area contributed by atoms with Crippen LogP contribution in [-0.2, 0) is 11.3 Å². The molecule has 1 aliphatic carbocycles. The van der Waals surface area contributed by atoms with Crippen LogP contribution in [0, 0.1) is 5.82 Å². The van der Waals surface area contributed by atoms with E-state index >= 15 is 0 Å². The number of ether oxygens (including phenoxy) is 1. The minimum atomic E-state index is -0.220. The third-order valence-electron chi connectivity index (χ3n) is 4.41. The van der Waals surface area contributed by atoms with Crippen molar-refractivity contribution < 1.29 is 9.13 Å². The molecule has 4 rings (SSSR count). The zero-order valence-electron chi connectivity index (χ0n) is 13.1. The van der Waals surface area contributed by atoms with Gasteiger partial charge in [-0.1, -0.05) is 30.3 Å². The molecule has 2 aromatic carbocycles. The molecule has 0 atom stereocenters. The Balaban J connectivity index is 2.04. The van der Waals surface area contributed by atoms with Crippen LogP contribution in [0.3, 0.4) is 0 Å². The molecule has 0 amide bonds. The Morgan fingerprint density at radius 2 is 1.83 bits per heavy atom. The number of hydrogen-bond acceptors (Lipinski definition) is 2. The van der Waals surface area contributed by atoms with Gasteiger partial charge in [0.2, 0.25) is 0 Å². The number of nitrogens with zero attached hydrogens (tertiary/aromatic N) is 1. The van der Waals surface area contributed by atoms with Gasteiger partial charge in [0.15, 0.2) is 0 Å². The zero-order chi connectivity index (χ0) is 15.8. The maximum atomic E-state index is 13.3. The van der Waals surface area contributed by atoms with Crippen LogP contribution in [0.4, 0.5) is 4.39 Å². The predicted molar refractivity (Wildman–Crippen MR) is 89.8 cm³/mol. The third kappa shape index (κ3) is 2.62. The molecule has 3 aromatic rings. The monoisotopic (exact) mass is 307 g/mol. The van der Waals surface area contributed by atoms with Crippen molar-refractivity contribution in [1.29, 1.82) is 0 Å². The summed E-state index contributed by atoms with van der Waals surface area (Å²) in [6, 6.07) is 14.9. The van der Waals surface area contributed by atoms with Gasteiger partial charge in [-0.2, -0.15) is 0 Å². The van der Waals surface area contributed by atoms with E-state index in [4.69, 9.17) is 9.72 Å². The quantitative estimate of drug-likeness (QED) is 0.671. The lowest BCUT2D eigenvalue weighted by Crippen LogP contribution is -2.03. The fourth-order valence-electron chi connectivity index (χ4n) is 3.20. The molecule has 2 nitrogen and oxygen atoms in total. The van der Waals surface area contributed by atoms with E-state index in [1.54, 1.807) is 7.11 Å². The molecular weight excluding hydrogens is 289 g/mol. The van der Waals surface area contributed by atoms with Gasteiger partial charge in [0.05, 0.1) is 17.8 Å². The number of para-hydroxylation sites is 1. The summed E-state index contributed by atoms with van der Waals surface area (Å²) in [6.07, 6.45) is 2.37. The molecule has 0 N–H and O–H groups in total. The Morgan fingerprint density at radius 1 is 1.09 bits per heavy atom. The first-order chi connectivity index (χ1) is 11.3. The van der Waals surface area contributed by atoms with Crippen molar-refractivity contribution >= 4 is 10.9 Å². The van der Waals surface area contributed by atoms with E-state index in [0.717, 1.165) is 33.3 Å². The van der Waals surface area contributed by atoms with Crippen molar-refractivity contribution in [3.05, 3.63) is 65.6 Å². The summed E-state index contributed by atoms with van der Waals surface area (Å²) in [6.45, 7) is 0.524. The van der Waals surface area contributed by atoms with Crippen LogP contribution >= 0.6 is 0 Å². The summed E-state index contributed by atoms with van der Waals surface area (Å²) in [5, 5.41) is 1.09. The summed E-state index contributed by atoms with van der Waals surface area (Å²) >= 11 is 0. The highest BCUT2D eigenvalue weighted by atomic mass is 19.1. The second kappa shape index (κ2) is 5.74. The number of pyridine rings is 1. The van der Waals surface area contributed by atoms with Crippen molar-refractivity contribution in [3.8, 4) is 11.1 Å². The fourth-order valence-corrected chi connectivity index (χ4v) is 3.20. The lowest BCUT2D eigenvalue weighted by Gasteiger charge is -2.17. The van der Waals surface area contributed by atoms with Crippen LogP contribution in [0.15, 0.2) is 48.5 Å². The molecular formula is C20H18FNO. The standard InChI is InChI=1S/C20H18FNO/c1-23-12-17-19(13-8-10-15(21)11-9-13)16-4-2-3-5-18(16)22-20(17)14-6-7-14/h2-5,8-11,14H,6-7,12H2,1H3. The van der Waals surface area contributed by atoms with Crippen LogP contribution in [0.5, 0.6) is 0 Å². The second-order valence-electron chi connectivity index (χ2n) is 6.08. The normalized spacial score (nSPS) is 14.3. The van der Waals surface area contributed by atoms with E-state index in [1.807, 2.05) is 30.3 Å². The summed E-state index contributed by atoms with van der Waals surface area (Å²) in [4.78, 5) is 4.91. The van der Waals surface area contributed by atoms with E-state index in [0.29, 0.717) is 12.5 Å². The summed E-state index contributed by atoms with van der Waals surface area (Å²) in [7, 11) is 1.71. The van der Waals surface area contributed by atoms with Crippen molar-refractivity contribution in [3.63, 3.8) is 0 Å². The average Bonchev–Trinajstić information content (AvgIpc) is 3.40. The van der Waals surface area contributed by atoms with Gasteiger partial charge < -0.3 is 4.74 Å². The molecule has 0 aliphatic heterocycles. The first-order valence-corrected chi connectivity index (χ1v) is 7.94. The maximum Gasteiger partial charge on any atom is 0.123 e. The van der Waals surface area contributed by atoms with Gasteiger partial charge in [0.1, 0.15) is 5.82 Å². The number of hydrogen-bond donors (Lipinski definition) is 0. The number of methoxy groups -OCH3 is 1. The molecule has 0 saturated heterocycles. The smallest absolute Gasteiger partial charge is 0.123 e. The highest BCUT2D eigenvalue weighted by Crippen LogP contribution is 2.45. The van der Waals surface area contributed by atoms with Crippen LogP contribution in [0.1, 0.15) is 30.0 Å². The number of fused-ring (bicyclic) bond motifs is 1. The van der Waals surface area contributed by atoms with Gasteiger partial charge in [-0.15, -0.1) is 0 Å². The van der Waals surface area contributed by atoms with Crippen LogP contribution in [0.25, 0.3) is 22.0 Å². The number of benzene rings is 2. The Bertz CT molecular complexity index is 853. The molecule has 1 heterocycles. The first kappa shape index (κ1) is 14.3. The lowest BCUT2D eigenvalue weighted by molar-refractivity contribution is 0.184. The van der Waals surface area contributed by atoms with Gasteiger partial charge in [0.25, 0.3) is 0 Å². The highest BCUT2D eigenvalue weighted by molar-refractivity contribution is 5.96. The second-order valence-corrected chi connectivity index (χ2v) is 6.08. The summed E-state index contributed by atoms with van der Waals surface area (Å²) in [5.74, 6) is 0.312. The van der Waals surface area contributed by atoms with Gasteiger partial charge in [-0.3, -0.25) is 4.98 Å². The maximum absolute atomic E-state index is 13.3. The summed E-state index contributed by atoms with van der Waals surface area (Å²) < 4.78 is 18.8. The Labute approximate surface area is 134 Å². The number of halogens is 1. The van der Waals surface area contributed by atoms with E-state index < -0.39 is 0 Å². The molecule has 1 saturated carbocycles. The van der Waals surface area contributed by atoms with E-state index in [1.165, 1.54) is 25.0 Å². The molecule has 0 radical (unpaired) electrons. The SMILES string of the molecule is COCc1c(C2CC2)nc2ccccc2c1-c1ccc(F)cc1. The van der Waals surface area contributed by atoms with E-state index in [-0.39, 0.29) is 5.82 Å². The van der Waals surface area contributed by atoms with Crippen molar-refractivity contribution in [2.45, 2.75) is 25.4 Å². The minimum Gasteiger partial charge on any atom is -0.380 e. The van der Waals surface area contributed by atoms with Crippen LogP contribution < -0.4 is 0 Å². The fraction of sp³-hybridized carbons (Fsp3) is 0.250. The van der Waals surface area contributed by atoms with Crippen molar-refractivity contribution in [2.75, 3.05) is 7.11 Å². The predicted octanol–water partition coefficient (Wildman–Crippen LogP) is 5.06. The van der Waals surface area contributed by atoms with Crippen LogP contribution in [-0.4, -0.2) is 12.1 Å². The molecule has 0 bridgehead atoms. The Morgan fingerprint density at radius 3 is 2.52 bits per heavy atom. The van der Waals surface area contributed by atoms with Crippen molar-refractivity contribution in [1.82, 2.24) is 4.98 Å². The van der Waals surface area contributed by atoms with Crippen molar-refractivity contribution in [2.24, 2.45) is 0 Å². The Kier molecular flexibility index (Phi) is 3.58. The van der Waals surface area contributed by atoms with Gasteiger partial charge in [-0.25, -0.2) is 4.39 Å². The van der Waals surface area contributed by atoms with Gasteiger partial charge in [-0.05, 0) is 42.2 Å². The van der Waals surface area contributed by atoms with Gasteiger partial charge >= 0.3 is 0 Å². The third-order valence-corrected chi connectivity index (χ3v) is 4.41. The molecule has 23 heavy (non-hydrogen) atoms.